The molecule has 0 heterocycles. The summed E-state index contributed by atoms with van der Waals surface area (Å²) < 4.78 is 22.9. The van der Waals surface area contributed by atoms with Crippen LogP contribution in [0.1, 0.15) is 20.8 Å². The number of hydrogen-bond acceptors (Lipinski definition) is 4. The molecule has 5 nitrogen and oxygen atoms in total. The maximum Gasteiger partial charge on any atom is 0.323 e. The van der Waals surface area contributed by atoms with Crippen molar-refractivity contribution in [2.75, 3.05) is 7.11 Å². The van der Waals surface area contributed by atoms with Crippen LogP contribution in [0.4, 0.5) is 0 Å². The first-order chi connectivity index (χ1) is 8.89. The molecule has 0 aliphatic rings. The number of nitrogens with one attached hydrogen (secondary N) is 1. The molecule has 0 aliphatic heterocycles. The number of carbonyl (C=O) groups excluding carboxylic acids is 1. The number of hydrogen-bond donors (Lipinski definition) is 1. The van der Waals surface area contributed by atoms with Gasteiger partial charge in [-0.2, -0.15) is 0 Å². The van der Waals surface area contributed by atoms with Crippen molar-refractivity contribution in [1.82, 2.24) is 5.09 Å². The lowest BCUT2D eigenvalue weighted by Crippen LogP contribution is -2.35. The van der Waals surface area contributed by atoms with Crippen LogP contribution in [0, 0.1) is 0 Å². The Morgan fingerprint density at radius 3 is 2.26 bits per heavy atom. The Bertz CT molecular complexity index is 461. The second-order valence-corrected chi connectivity index (χ2v) is 7.14. The van der Waals surface area contributed by atoms with Gasteiger partial charge in [-0.1, -0.05) is 32.0 Å². The fourth-order valence-corrected chi connectivity index (χ4v) is 3.06. The molecule has 0 aromatic heterocycles. The number of methoxy groups -OCH3 is 1. The minimum absolute atomic E-state index is 0.264. The topological polar surface area (TPSA) is 64.6 Å². The summed E-state index contributed by atoms with van der Waals surface area (Å²) >= 11 is 0. The van der Waals surface area contributed by atoms with E-state index in [1.165, 1.54) is 7.11 Å². The van der Waals surface area contributed by atoms with Gasteiger partial charge in [0.1, 0.15) is 11.8 Å². The van der Waals surface area contributed by atoms with E-state index in [-0.39, 0.29) is 5.66 Å². The second-order valence-electron chi connectivity index (χ2n) is 4.47. The third-order valence-electron chi connectivity index (χ3n) is 2.59. The van der Waals surface area contributed by atoms with E-state index >= 15 is 0 Å². The summed E-state index contributed by atoms with van der Waals surface area (Å²) in [6, 6.07) is 8.19. The summed E-state index contributed by atoms with van der Waals surface area (Å²) in [4.78, 5) is 11.4. The van der Waals surface area contributed by atoms with E-state index in [1.807, 2.05) is 6.07 Å². The Morgan fingerprint density at radius 1 is 1.21 bits per heavy atom. The Balaban J connectivity index is 2.86. The van der Waals surface area contributed by atoms with Gasteiger partial charge < -0.3 is 9.26 Å². The highest BCUT2D eigenvalue weighted by Crippen LogP contribution is 2.48. The monoisotopic (exact) mass is 285 g/mol. The van der Waals surface area contributed by atoms with Crippen LogP contribution in [0.25, 0.3) is 0 Å². The molecule has 0 fully saturated rings. The van der Waals surface area contributed by atoms with Gasteiger partial charge in [-0.25, -0.2) is 5.09 Å². The van der Waals surface area contributed by atoms with E-state index in [9.17, 15) is 9.36 Å². The van der Waals surface area contributed by atoms with Crippen molar-refractivity contribution >= 4 is 13.5 Å². The number of esters is 1. The Morgan fingerprint density at radius 2 is 1.79 bits per heavy atom. The summed E-state index contributed by atoms with van der Waals surface area (Å²) in [5, 5.41) is 2.75. The van der Waals surface area contributed by atoms with E-state index in [4.69, 9.17) is 4.52 Å². The lowest BCUT2D eigenvalue weighted by Gasteiger charge is -2.26. The van der Waals surface area contributed by atoms with E-state index in [0.29, 0.717) is 5.75 Å². The van der Waals surface area contributed by atoms with E-state index in [0.717, 1.165) is 0 Å². The molecule has 0 aliphatic carbocycles. The van der Waals surface area contributed by atoms with E-state index < -0.39 is 19.5 Å². The highest BCUT2D eigenvalue weighted by Gasteiger charge is 2.33. The van der Waals surface area contributed by atoms with Crippen LogP contribution in [0.2, 0.25) is 0 Å². The third kappa shape index (κ3) is 4.37. The van der Waals surface area contributed by atoms with E-state index in [1.54, 1.807) is 45.0 Å². The first-order valence-corrected chi connectivity index (χ1v) is 7.78. The molecule has 1 aromatic rings. The molecule has 1 N–H and O–H groups in total. The molecule has 0 bridgehead atoms. The number of carbonyl (C=O) groups is 1. The summed E-state index contributed by atoms with van der Waals surface area (Å²) in [5.41, 5.74) is -0.264. The molecular formula is C13H20NO4P. The Kier molecular flexibility index (Phi) is 5.58. The number of para-hydroxylation sites is 1. The first kappa shape index (κ1) is 15.7. The van der Waals surface area contributed by atoms with Crippen molar-refractivity contribution in [2.45, 2.75) is 32.5 Å². The summed E-state index contributed by atoms with van der Waals surface area (Å²) in [7, 11) is -1.90. The molecule has 19 heavy (non-hydrogen) atoms. The highest BCUT2D eigenvalue weighted by molar-refractivity contribution is 7.58. The van der Waals surface area contributed by atoms with Crippen molar-refractivity contribution in [1.29, 1.82) is 0 Å². The molecule has 1 aromatic carbocycles. The summed E-state index contributed by atoms with van der Waals surface area (Å²) in [6.07, 6.45) is 0. The molecule has 0 saturated heterocycles. The zero-order valence-electron chi connectivity index (χ0n) is 11.6. The van der Waals surface area contributed by atoms with Crippen LogP contribution >= 0.6 is 7.52 Å². The molecule has 1 unspecified atom stereocenters. The Hall–Kier alpha value is -1.32. The van der Waals surface area contributed by atoms with Crippen LogP contribution in [0.5, 0.6) is 5.75 Å². The number of rotatable bonds is 6. The van der Waals surface area contributed by atoms with Gasteiger partial charge in [-0.05, 0) is 19.1 Å². The fourth-order valence-electron chi connectivity index (χ4n) is 1.42. The number of benzene rings is 1. The van der Waals surface area contributed by atoms with Crippen LogP contribution in [0.3, 0.4) is 0 Å². The lowest BCUT2D eigenvalue weighted by atomic mass is 10.3. The average molecular weight is 285 g/mol. The molecule has 0 radical (unpaired) electrons. The van der Waals surface area contributed by atoms with Crippen molar-refractivity contribution < 1.29 is 18.6 Å². The fraction of sp³-hybridized carbons (Fsp3) is 0.462. The van der Waals surface area contributed by atoms with Crippen LogP contribution in [0.15, 0.2) is 30.3 Å². The van der Waals surface area contributed by atoms with Crippen molar-refractivity contribution in [2.24, 2.45) is 0 Å². The van der Waals surface area contributed by atoms with Gasteiger partial charge in [-0.3, -0.25) is 9.36 Å². The highest BCUT2D eigenvalue weighted by atomic mass is 31.2. The molecule has 6 heteroatoms. The van der Waals surface area contributed by atoms with Crippen LogP contribution < -0.4 is 9.61 Å². The molecule has 0 spiro atoms. The summed E-state index contributed by atoms with van der Waals surface area (Å²) in [6.45, 7) is 5.15. The van der Waals surface area contributed by atoms with Crippen LogP contribution in [-0.2, 0) is 14.1 Å². The molecule has 0 amide bonds. The molecular weight excluding hydrogens is 265 g/mol. The predicted octanol–water partition coefficient (Wildman–Crippen LogP) is 2.82. The molecule has 1 rings (SSSR count). The third-order valence-corrected chi connectivity index (χ3v) is 5.18. The van der Waals surface area contributed by atoms with Gasteiger partial charge in [0, 0.05) is 0 Å². The zero-order valence-corrected chi connectivity index (χ0v) is 12.5. The lowest BCUT2D eigenvalue weighted by molar-refractivity contribution is -0.142. The maximum atomic E-state index is 12.8. The molecule has 0 saturated carbocycles. The van der Waals surface area contributed by atoms with Gasteiger partial charge in [0.15, 0.2) is 0 Å². The molecule has 106 valence electrons. The van der Waals surface area contributed by atoms with Gasteiger partial charge in [0.25, 0.3) is 0 Å². The molecule has 2 atom stereocenters. The van der Waals surface area contributed by atoms with Gasteiger partial charge in [-0.15, -0.1) is 0 Å². The van der Waals surface area contributed by atoms with Crippen LogP contribution in [-0.4, -0.2) is 24.8 Å². The van der Waals surface area contributed by atoms with Crippen molar-refractivity contribution in [3.8, 4) is 5.75 Å². The minimum Gasteiger partial charge on any atom is -0.468 e. The normalized spacial score (nSPS) is 15.6. The quantitative estimate of drug-likeness (QED) is 0.643. The average Bonchev–Trinajstić information content (AvgIpc) is 2.38. The minimum atomic E-state index is -3.19. The number of ether oxygens (including phenoxy) is 1. The predicted molar refractivity (Wildman–Crippen MR) is 74.4 cm³/mol. The largest absolute Gasteiger partial charge is 0.468 e. The van der Waals surface area contributed by atoms with Gasteiger partial charge in [0.2, 0.25) is 0 Å². The van der Waals surface area contributed by atoms with Gasteiger partial charge >= 0.3 is 13.5 Å². The van der Waals surface area contributed by atoms with Crippen molar-refractivity contribution in [3.63, 3.8) is 0 Å². The van der Waals surface area contributed by atoms with E-state index in [2.05, 4.69) is 9.82 Å². The SMILES string of the molecule is COC(=O)[C@@H](C)NP(=O)(Oc1ccccc1)C(C)C. The summed E-state index contributed by atoms with van der Waals surface area (Å²) in [5.74, 6) is 0.0293. The Labute approximate surface area is 113 Å². The smallest absolute Gasteiger partial charge is 0.323 e. The standard InChI is InChI=1S/C13H20NO4P/c1-10(2)19(16,14-11(3)13(15)17-4)18-12-8-6-5-7-9-12/h5-11H,1-4H3,(H,14,16)/t11-,19?/m1/s1. The second kappa shape index (κ2) is 6.73. The first-order valence-electron chi connectivity index (χ1n) is 6.09. The zero-order chi connectivity index (χ0) is 14.5. The van der Waals surface area contributed by atoms with Crippen molar-refractivity contribution in [3.05, 3.63) is 30.3 Å². The van der Waals surface area contributed by atoms with Gasteiger partial charge in [0.05, 0.1) is 12.8 Å². The maximum absolute atomic E-state index is 12.8.